The zero-order chi connectivity index (χ0) is 15.0. The molecule has 1 atom stereocenters. The van der Waals surface area contributed by atoms with Crippen LogP contribution in [0.3, 0.4) is 0 Å². The van der Waals surface area contributed by atoms with Gasteiger partial charge >= 0.3 is 5.97 Å². The molecule has 1 aromatic rings. The molecule has 0 aliphatic rings. The van der Waals surface area contributed by atoms with Gasteiger partial charge in [-0.2, -0.15) is 0 Å². The first kappa shape index (κ1) is 16.7. The molecule has 1 rings (SSSR count). The van der Waals surface area contributed by atoms with Crippen molar-refractivity contribution in [3.8, 4) is 0 Å². The summed E-state index contributed by atoms with van der Waals surface area (Å²) in [5, 5.41) is 0.597. The number of benzene rings is 1. The van der Waals surface area contributed by atoms with Gasteiger partial charge in [0.1, 0.15) is 0 Å². The highest BCUT2D eigenvalue weighted by Crippen LogP contribution is 2.27. The fourth-order valence-electron chi connectivity index (χ4n) is 1.88. The Morgan fingerprint density at radius 3 is 2.80 bits per heavy atom. The molecule has 4 nitrogen and oxygen atoms in total. The number of esters is 1. The minimum absolute atomic E-state index is 0.126. The van der Waals surface area contributed by atoms with Crippen molar-refractivity contribution in [1.29, 1.82) is 0 Å². The Balaban J connectivity index is 3.03. The van der Waals surface area contributed by atoms with E-state index in [2.05, 4.69) is 0 Å². The molecule has 20 heavy (non-hydrogen) atoms. The van der Waals surface area contributed by atoms with Crippen LogP contribution in [0.15, 0.2) is 24.3 Å². The van der Waals surface area contributed by atoms with Gasteiger partial charge in [-0.15, -0.1) is 0 Å². The Bertz CT molecular complexity index is 474. The summed E-state index contributed by atoms with van der Waals surface area (Å²) in [6, 6.07) is 5.47. The number of carbonyl (C=O) groups excluding carboxylic acids is 1. The Hall–Kier alpha value is -1.36. The molecule has 0 bridgehead atoms. The van der Waals surface area contributed by atoms with E-state index in [0.717, 1.165) is 17.5 Å². The van der Waals surface area contributed by atoms with E-state index in [1.165, 1.54) is 6.08 Å². The lowest BCUT2D eigenvalue weighted by Crippen LogP contribution is -2.11. The van der Waals surface area contributed by atoms with Crippen molar-refractivity contribution in [3.05, 3.63) is 40.4 Å². The molecule has 0 saturated heterocycles. The van der Waals surface area contributed by atoms with Crippen LogP contribution in [-0.4, -0.2) is 19.3 Å². The number of nitrogens with two attached hydrogens (primary N) is 1. The van der Waals surface area contributed by atoms with E-state index in [1.54, 1.807) is 25.1 Å². The molecule has 5 heteroatoms. The molecule has 1 unspecified atom stereocenters. The number of rotatable bonds is 7. The molecule has 1 aromatic carbocycles. The first-order chi connectivity index (χ1) is 9.62. The van der Waals surface area contributed by atoms with Crippen molar-refractivity contribution in [2.24, 2.45) is 5.73 Å². The van der Waals surface area contributed by atoms with E-state index in [-0.39, 0.29) is 18.8 Å². The highest BCUT2D eigenvalue weighted by atomic mass is 35.5. The molecule has 0 fully saturated rings. The lowest BCUT2D eigenvalue weighted by atomic mass is 10.00. The Kier molecular flexibility index (Phi) is 7.30. The van der Waals surface area contributed by atoms with Crippen LogP contribution in [-0.2, 0) is 14.3 Å². The van der Waals surface area contributed by atoms with Crippen LogP contribution < -0.4 is 5.73 Å². The molecule has 0 saturated carbocycles. The van der Waals surface area contributed by atoms with Crippen LogP contribution in [0.4, 0.5) is 0 Å². The Labute approximate surface area is 124 Å². The van der Waals surface area contributed by atoms with Crippen LogP contribution in [0.5, 0.6) is 0 Å². The van der Waals surface area contributed by atoms with Gasteiger partial charge in [0.25, 0.3) is 0 Å². The summed E-state index contributed by atoms with van der Waals surface area (Å²) in [6.45, 7) is 4.26. The van der Waals surface area contributed by atoms with Gasteiger partial charge in [0.05, 0.1) is 19.4 Å². The summed E-state index contributed by atoms with van der Waals surface area (Å²) in [5.41, 5.74) is 7.22. The first-order valence-electron chi connectivity index (χ1n) is 6.58. The van der Waals surface area contributed by atoms with Crippen LogP contribution in [0.2, 0.25) is 5.02 Å². The van der Waals surface area contributed by atoms with Gasteiger partial charge in [0, 0.05) is 11.1 Å². The smallest absolute Gasteiger partial charge is 0.330 e. The SMILES string of the molecule is CCOC(=O)/C=C/c1cc(Cl)ccc1C(CC)OCN. The van der Waals surface area contributed by atoms with Crippen LogP contribution in [0, 0.1) is 0 Å². The van der Waals surface area contributed by atoms with Crippen molar-refractivity contribution in [2.75, 3.05) is 13.3 Å². The third kappa shape index (κ3) is 4.96. The summed E-state index contributed by atoms with van der Waals surface area (Å²) in [6.07, 6.45) is 3.72. The van der Waals surface area contributed by atoms with Crippen molar-refractivity contribution in [1.82, 2.24) is 0 Å². The highest BCUT2D eigenvalue weighted by molar-refractivity contribution is 6.30. The maximum atomic E-state index is 11.4. The van der Waals surface area contributed by atoms with Gasteiger partial charge in [-0.1, -0.05) is 24.6 Å². The van der Waals surface area contributed by atoms with Crippen LogP contribution in [0.1, 0.15) is 37.5 Å². The molecule has 0 heterocycles. The minimum Gasteiger partial charge on any atom is -0.463 e. The van der Waals surface area contributed by atoms with Gasteiger partial charge in [-0.25, -0.2) is 4.79 Å². The quantitative estimate of drug-likeness (QED) is 0.476. The van der Waals surface area contributed by atoms with Gasteiger partial charge in [-0.05, 0) is 42.7 Å². The average molecular weight is 298 g/mol. The second kappa shape index (κ2) is 8.74. The Morgan fingerprint density at radius 1 is 1.45 bits per heavy atom. The number of hydrogen-bond acceptors (Lipinski definition) is 4. The van der Waals surface area contributed by atoms with E-state index in [4.69, 9.17) is 26.8 Å². The molecule has 0 aliphatic heterocycles. The summed E-state index contributed by atoms with van der Waals surface area (Å²) < 4.78 is 10.4. The van der Waals surface area contributed by atoms with Crippen LogP contribution in [0.25, 0.3) is 6.08 Å². The average Bonchev–Trinajstić information content (AvgIpc) is 2.43. The molecule has 0 radical (unpaired) electrons. The maximum Gasteiger partial charge on any atom is 0.330 e. The maximum absolute atomic E-state index is 11.4. The highest BCUT2D eigenvalue weighted by Gasteiger charge is 2.13. The molecule has 0 aliphatic carbocycles. The lowest BCUT2D eigenvalue weighted by Gasteiger charge is -2.18. The third-order valence-electron chi connectivity index (χ3n) is 2.75. The van der Waals surface area contributed by atoms with Gasteiger partial charge in [0.15, 0.2) is 0 Å². The minimum atomic E-state index is -0.383. The third-order valence-corrected chi connectivity index (χ3v) is 2.98. The molecular weight excluding hydrogens is 278 g/mol. The number of ether oxygens (including phenoxy) is 2. The van der Waals surface area contributed by atoms with Crippen molar-refractivity contribution in [3.63, 3.8) is 0 Å². The normalized spacial score (nSPS) is 12.6. The zero-order valence-electron chi connectivity index (χ0n) is 11.8. The summed E-state index contributed by atoms with van der Waals surface area (Å²) in [4.78, 5) is 11.4. The lowest BCUT2D eigenvalue weighted by molar-refractivity contribution is -0.137. The monoisotopic (exact) mass is 297 g/mol. The number of hydrogen-bond donors (Lipinski definition) is 1. The van der Waals surface area contributed by atoms with Crippen molar-refractivity contribution >= 4 is 23.6 Å². The standard InChI is InChI=1S/C15H20ClNO3/c1-3-14(20-10-17)13-7-6-12(16)9-11(13)5-8-15(18)19-4-2/h5-9,14H,3-4,10,17H2,1-2H3/b8-5+. The van der Waals surface area contributed by atoms with E-state index >= 15 is 0 Å². The topological polar surface area (TPSA) is 61.5 Å². The number of carbonyl (C=O) groups is 1. The first-order valence-corrected chi connectivity index (χ1v) is 6.96. The second-order valence-electron chi connectivity index (χ2n) is 4.09. The van der Waals surface area contributed by atoms with Crippen molar-refractivity contribution < 1.29 is 14.3 Å². The zero-order valence-corrected chi connectivity index (χ0v) is 12.5. The molecular formula is C15H20ClNO3. The number of halogens is 1. The molecule has 2 N–H and O–H groups in total. The molecule has 110 valence electrons. The second-order valence-corrected chi connectivity index (χ2v) is 4.53. The predicted molar refractivity (Wildman–Crippen MR) is 80.3 cm³/mol. The van der Waals surface area contributed by atoms with Crippen molar-refractivity contribution in [2.45, 2.75) is 26.4 Å². The molecule has 0 spiro atoms. The van der Waals surface area contributed by atoms with E-state index in [1.807, 2.05) is 13.0 Å². The summed E-state index contributed by atoms with van der Waals surface area (Å²) in [5.74, 6) is -0.383. The largest absolute Gasteiger partial charge is 0.463 e. The molecule has 0 amide bonds. The summed E-state index contributed by atoms with van der Waals surface area (Å²) >= 11 is 6.00. The van der Waals surface area contributed by atoms with Gasteiger partial charge in [0.2, 0.25) is 0 Å². The van der Waals surface area contributed by atoms with E-state index in [9.17, 15) is 4.79 Å². The van der Waals surface area contributed by atoms with Gasteiger partial charge in [-0.3, -0.25) is 0 Å². The van der Waals surface area contributed by atoms with E-state index in [0.29, 0.717) is 11.6 Å². The fourth-order valence-corrected chi connectivity index (χ4v) is 2.06. The molecule has 0 aromatic heterocycles. The Morgan fingerprint density at radius 2 is 2.20 bits per heavy atom. The van der Waals surface area contributed by atoms with Gasteiger partial charge < -0.3 is 15.2 Å². The predicted octanol–water partition coefficient (Wildman–Crippen LogP) is 3.30. The summed E-state index contributed by atoms with van der Waals surface area (Å²) in [7, 11) is 0. The van der Waals surface area contributed by atoms with E-state index < -0.39 is 0 Å². The fraction of sp³-hybridized carbons (Fsp3) is 0.400. The van der Waals surface area contributed by atoms with Crippen LogP contribution >= 0.6 is 11.6 Å².